The third-order valence-corrected chi connectivity index (χ3v) is 9.80. The summed E-state index contributed by atoms with van der Waals surface area (Å²) in [6, 6.07) is 0.0192. The summed E-state index contributed by atoms with van der Waals surface area (Å²) in [5.74, 6) is 0.632. The highest BCUT2D eigenvalue weighted by Gasteiger charge is 2.37. The van der Waals surface area contributed by atoms with Gasteiger partial charge in [-0.15, -0.1) is 23.2 Å². The van der Waals surface area contributed by atoms with Gasteiger partial charge in [0.1, 0.15) is 0 Å². The zero-order valence-corrected chi connectivity index (χ0v) is 19.5. The minimum Gasteiger partial charge on any atom is -0.394 e. The summed E-state index contributed by atoms with van der Waals surface area (Å²) in [5.41, 5.74) is 0. The van der Waals surface area contributed by atoms with Gasteiger partial charge >= 0.3 is 0 Å². The summed E-state index contributed by atoms with van der Waals surface area (Å²) in [4.78, 5) is 2.47. The summed E-state index contributed by atoms with van der Waals surface area (Å²) in [6.07, 6.45) is 8.24. The minimum atomic E-state index is -3.35. The lowest BCUT2D eigenvalue weighted by Crippen LogP contribution is -2.49. The summed E-state index contributed by atoms with van der Waals surface area (Å²) in [7, 11) is -3.35. The van der Waals surface area contributed by atoms with Crippen LogP contribution in [-0.4, -0.2) is 79.4 Å². The van der Waals surface area contributed by atoms with Crippen LogP contribution in [0.25, 0.3) is 0 Å². The molecule has 2 aliphatic carbocycles. The monoisotopic (exact) mass is 470 g/mol. The maximum atomic E-state index is 12.8. The first-order chi connectivity index (χ1) is 13.9. The van der Waals surface area contributed by atoms with Crippen LogP contribution in [0.2, 0.25) is 0 Å². The molecule has 0 spiro atoms. The highest BCUT2D eigenvalue weighted by Crippen LogP contribution is 2.32. The van der Waals surface area contributed by atoms with Crippen LogP contribution in [0.15, 0.2) is 0 Å². The molecule has 2 saturated carbocycles. The maximum Gasteiger partial charge on any atom is 0.214 e. The molecule has 5 atom stereocenters. The van der Waals surface area contributed by atoms with Gasteiger partial charge < -0.3 is 14.7 Å². The molecule has 170 valence electrons. The van der Waals surface area contributed by atoms with E-state index in [0.29, 0.717) is 31.8 Å². The molecule has 0 amide bonds. The standard InChI is InChI=1S/C20H36Cl2N2O4S/c21-19-5-4-18(13-20(19)22)29(26,27)23-16-6-8-24(9-7-16)14-15-2-1-3-17(12-15)28-11-10-25/h15-20,23,25H,1-14H2. The molecular weight excluding hydrogens is 435 g/mol. The van der Waals surface area contributed by atoms with Gasteiger partial charge in [-0.25, -0.2) is 13.1 Å². The van der Waals surface area contributed by atoms with Crippen molar-refractivity contribution in [3.05, 3.63) is 0 Å². The second-order valence-corrected chi connectivity index (χ2v) is 12.1. The van der Waals surface area contributed by atoms with E-state index in [4.69, 9.17) is 33.0 Å². The first kappa shape index (κ1) is 24.0. The number of aliphatic hydroxyl groups excluding tert-OH is 1. The molecule has 1 aliphatic heterocycles. The Balaban J connectivity index is 1.40. The van der Waals surface area contributed by atoms with Gasteiger partial charge in [0.25, 0.3) is 0 Å². The van der Waals surface area contributed by atoms with Crippen molar-refractivity contribution in [1.82, 2.24) is 9.62 Å². The third-order valence-electron chi connectivity index (χ3n) is 6.70. The number of rotatable bonds is 8. The zero-order valence-electron chi connectivity index (χ0n) is 17.1. The number of piperidine rings is 1. The SMILES string of the molecule is O=S(=O)(NC1CCN(CC2CCCC(OCCO)C2)CC1)C1CCC(Cl)C(Cl)C1. The fraction of sp³-hybridized carbons (Fsp3) is 1.00. The molecule has 1 heterocycles. The van der Waals surface area contributed by atoms with Crippen LogP contribution in [0.3, 0.4) is 0 Å². The third kappa shape index (κ3) is 7.19. The molecule has 0 aromatic carbocycles. The normalized spacial score (nSPS) is 35.6. The molecule has 3 rings (SSSR count). The van der Waals surface area contributed by atoms with Gasteiger partial charge in [0, 0.05) is 12.6 Å². The molecule has 0 aromatic heterocycles. The first-order valence-corrected chi connectivity index (χ1v) is 13.5. The molecule has 0 radical (unpaired) electrons. The lowest BCUT2D eigenvalue weighted by molar-refractivity contribution is -0.00915. The number of halogens is 2. The van der Waals surface area contributed by atoms with E-state index in [9.17, 15) is 8.42 Å². The number of nitrogens with one attached hydrogen (secondary N) is 1. The number of alkyl halides is 2. The summed E-state index contributed by atoms with van der Waals surface area (Å²) in [5, 5.41) is 8.13. The van der Waals surface area contributed by atoms with Gasteiger partial charge in [0.15, 0.2) is 0 Å². The van der Waals surface area contributed by atoms with Crippen molar-refractivity contribution in [2.24, 2.45) is 5.92 Å². The van der Waals surface area contributed by atoms with Crippen molar-refractivity contribution in [2.45, 2.75) is 85.9 Å². The molecule has 3 aliphatic rings. The summed E-state index contributed by atoms with van der Waals surface area (Å²) < 4.78 is 34.2. The van der Waals surface area contributed by atoms with Gasteiger partial charge in [-0.2, -0.15) is 0 Å². The molecule has 0 aromatic rings. The molecule has 2 N–H and O–H groups in total. The molecule has 1 saturated heterocycles. The Hall–Kier alpha value is 0.370. The summed E-state index contributed by atoms with van der Waals surface area (Å²) >= 11 is 12.3. The first-order valence-electron chi connectivity index (χ1n) is 11.1. The molecule has 9 heteroatoms. The molecule has 29 heavy (non-hydrogen) atoms. The van der Waals surface area contributed by atoms with Crippen LogP contribution in [0.5, 0.6) is 0 Å². The van der Waals surface area contributed by atoms with Gasteiger partial charge in [0.2, 0.25) is 10.0 Å². The van der Waals surface area contributed by atoms with Gasteiger partial charge in [-0.1, -0.05) is 6.42 Å². The number of hydrogen-bond acceptors (Lipinski definition) is 5. The molecule has 6 nitrogen and oxygen atoms in total. The van der Waals surface area contributed by atoms with Gasteiger partial charge in [-0.3, -0.25) is 0 Å². The quantitative estimate of drug-likeness (QED) is 0.533. The number of aliphatic hydroxyl groups is 1. The van der Waals surface area contributed by atoms with E-state index < -0.39 is 15.3 Å². The average molecular weight is 471 g/mol. The zero-order chi connectivity index (χ0) is 20.9. The van der Waals surface area contributed by atoms with E-state index in [1.807, 2.05) is 0 Å². The predicted octanol–water partition coefficient (Wildman–Crippen LogP) is 2.71. The van der Waals surface area contributed by atoms with Crippen molar-refractivity contribution in [1.29, 1.82) is 0 Å². The highest BCUT2D eigenvalue weighted by atomic mass is 35.5. The Morgan fingerprint density at radius 2 is 1.76 bits per heavy atom. The lowest BCUT2D eigenvalue weighted by atomic mass is 9.86. The maximum absolute atomic E-state index is 12.8. The number of nitrogens with zero attached hydrogens (tertiary/aromatic N) is 1. The van der Waals surface area contributed by atoms with E-state index in [1.165, 1.54) is 12.8 Å². The van der Waals surface area contributed by atoms with Crippen LogP contribution in [0.4, 0.5) is 0 Å². The van der Waals surface area contributed by atoms with Crippen LogP contribution in [0, 0.1) is 5.92 Å². The smallest absolute Gasteiger partial charge is 0.214 e. The average Bonchev–Trinajstić information content (AvgIpc) is 2.70. The van der Waals surface area contributed by atoms with Crippen molar-refractivity contribution >= 4 is 33.2 Å². The Labute approximate surface area is 185 Å². The van der Waals surface area contributed by atoms with E-state index in [1.54, 1.807) is 0 Å². The van der Waals surface area contributed by atoms with Crippen molar-refractivity contribution < 1.29 is 18.3 Å². The second-order valence-electron chi connectivity index (χ2n) is 8.95. The summed E-state index contributed by atoms with van der Waals surface area (Å²) in [6.45, 7) is 3.44. The largest absolute Gasteiger partial charge is 0.394 e. The highest BCUT2D eigenvalue weighted by molar-refractivity contribution is 7.90. The number of ether oxygens (including phenoxy) is 1. The fourth-order valence-electron chi connectivity index (χ4n) is 5.03. The Morgan fingerprint density at radius 1 is 1.00 bits per heavy atom. The molecular formula is C20H36Cl2N2O4S. The van der Waals surface area contributed by atoms with E-state index >= 15 is 0 Å². The van der Waals surface area contributed by atoms with E-state index in [0.717, 1.165) is 45.3 Å². The fourth-order valence-corrected chi connectivity index (χ4v) is 7.51. The van der Waals surface area contributed by atoms with Crippen LogP contribution in [0.1, 0.15) is 57.8 Å². The number of hydrogen-bond donors (Lipinski definition) is 2. The van der Waals surface area contributed by atoms with Crippen molar-refractivity contribution in [2.75, 3.05) is 32.8 Å². The van der Waals surface area contributed by atoms with Crippen LogP contribution in [-0.2, 0) is 14.8 Å². The molecule has 0 bridgehead atoms. The van der Waals surface area contributed by atoms with Crippen molar-refractivity contribution in [3.63, 3.8) is 0 Å². The van der Waals surface area contributed by atoms with E-state index in [2.05, 4.69) is 9.62 Å². The lowest BCUT2D eigenvalue weighted by Gasteiger charge is -2.37. The molecule has 5 unspecified atom stereocenters. The second kappa shape index (κ2) is 11.3. The Bertz CT molecular complexity index is 601. The Kier molecular flexibility index (Phi) is 9.36. The van der Waals surface area contributed by atoms with Gasteiger partial charge in [-0.05, 0) is 70.4 Å². The minimum absolute atomic E-state index is 0.0192. The van der Waals surface area contributed by atoms with Crippen LogP contribution < -0.4 is 4.72 Å². The van der Waals surface area contributed by atoms with Gasteiger partial charge in [0.05, 0.1) is 35.3 Å². The topological polar surface area (TPSA) is 78.9 Å². The Morgan fingerprint density at radius 3 is 2.45 bits per heavy atom. The molecule has 3 fully saturated rings. The van der Waals surface area contributed by atoms with E-state index in [-0.39, 0.29) is 29.5 Å². The van der Waals surface area contributed by atoms with Crippen molar-refractivity contribution in [3.8, 4) is 0 Å². The van der Waals surface area contributed by atoms with Crippen LogP contribution >= 0.6 is 23.2 Å². The number of likely N-dealkylation sites (tertiary alicyclic amines) is 1. The number of sulfonamides is 1. The predicted molar refractivity (Wildman–Crippen MR) is 117 cm³/mol.